The van der Waals surface area contributed by atoms with Crippen molar-refractivity contribution in [3.8, 4) is 0 Å². The van der Waals surface area contributed by atoms with Gasteiger partial charge in [-0.2, -0.15) is 0 Å². The molecule has 0 saturated carbocycles. The van der Waals surface area contributed by atoms with E-state index in [1.54, 1.807) is 12.1 Å². The van der Waals surface area contributed by atoms with Gasteiger partial charge in [0.05, 0.1) is 4.90 Å². The Balaban J connectivity index is 2.60. The molecule has 0 heterocycles. The lowest BCUT2D eigenvalue weighted by Gasteiger charge is -2.15. The normalized spacial score (nSPS) is 12.7. The lowest BCUT2D eigenvalue weighted by atomic mass is 9.98. The van der Waals surface area contributed by atoms with Gasteiger partial charge in [0, 0.05) is 18.2 Å². The molecule has 1 amide bonds. The zero-order valence-electron chi connectivity index (χ0n) is 16.4. The Bertz CT molecular complexity index is 627. The van der Waals surface area contributed by atoms with Crippen LogP contribution in [0.15, 0.2) is 29.2 Å². The minimum atomic E-state index is -3.49. The van der Waals surface area contributed by atoms with E-state index in [0.29, 0.717) is 12.2 Å². The summed E-state index contributed by atoms with van der Waals surface area (Å²) in [7, 11) is -3.49. The molecule has 2 N–H and O–H groups in total. The zero-order chi connectivity index (χ0) is 19.4. The number of rotatable bonds is 13. The van der Waals surface area contributed by atoms with E-state index in [-0.39, 0.29) is 16.7 Å². The van der Waals surface area contributed by atoms with Gasteiger partial charge in [-0.15, -0.1) is 0 Å². The third kappa shape index (κ3) is 7.87. The summed E-state index contributed by atoms with van der Waals surface area (Å²) in [5.41, 5.74) is 0.631. The van der Waals surface area contributed by atoms with Crippen LogP contribution in [0.25, 0.3) is 0 Å². The van der Waals surface area contributed by atoms with E-state index in [4.69, 9.17) is 0 Å². The molecule has 0 aliphatic heterocycles. The van der Waals surface area contributed by atoms with Crippen LogP contribution < -0.4 is 10.0 Å². The van der Waals surface area contributed by atoms with E-state index >= 15 is 0 Å². The molecule has 1 rings (SSSR count). The third-order valence-corrected chi connectivity index (χ3v) is 6.00. The Morgan fingerprint density at radius 1 is 0.962 bits per heavy atom. The maximum atomic E-state index is 12.3. The minimum Gasteiger partial charge on any atom is -0.326 e. The highest BCUT2D eigenvalue weighted by Crippen LogP contribution is 2.18. The number of sulfonamides is 1. The van der Waals surface area contributed by atoms with Gasteiger partial charge in [-0.05, 0) is 43.5 Å². The van der Waals surface area contributed by atoms with Gasteiger partial charge >= 0.3 is 0 Å². The first kappa shape index (κ1) is 22.6. The minimum absolute atomic E-state index is 0.00291. The quantitative estimate of drug-likeness (QED) is 0.486. The molecule has 1 aromatic rings. The number of carbonyl (C=O) groups is 1. The van der Waals surface area contributed by atoms with Crippen molar-refractivity contribution in [1.82, 2.24) is 4.72 Å². The number of unbranched alkanes of at least 4 members (excludes halogenated alkanes) is 4. The zero-order valence-corrected chi connectivity index (χ0v) is 17.2. The summed E-state index contributed by atoms with van der Waals surface area (Å²) in [6, 6.07) is 6.38. The molecule has 148 valence electrons. The number of amides is 1. The van der Waals surface area contributed by atoms with E-state index < -0.39 is 10.0 Å². The topological polar surface area (TPSA) is 75.3 Å². The number of hydrogen-bond acceptors (Lipinski definition) is 3. The van der Waals surface area contributed by atoms with Gasteiger partial charge in [0.15, 0.2) is 0 Å². The maximum absolute atomic E-state index is 12.3. The van der Waals surface area contributed by atoms with E-state index in [0.717, 1.165) is 51.4 Å². The molecule has 1 unspecified atom stereocenters. The predicted molar refractivity (Wildman–Crippen MR) is 108 cm³/mol. The van der Waals surface area contributed by atoms with Crippen molar-refractivity contribution < 1.29 is 13.2 Å². The van der Waals surface area contributed by atoms with Crippen LogP contribution in [-0.2, 0) is 14.8 Å². The van der Waals surface area contributed by atoms with Gasteiger partial charge in [0.1, 0.15) is 0 Å². The highest BCUT2D eigenvalue weighted by molar-refractivity contribution is 7.89. The molecule has 1 aromatic carbocycles. The summed E-state index contributed by atoms with van der Waals surface area (Å²) >= 11 is 0. The van der Waals surface area contributed by atoms with Crippen molar-refractivity contribution in [3.63, 3.8) is 0 Å². The average molecular weight is 383 g/mol. The van der Waals surface area contributed by atoms with Gasteiger partial charge in [0.25, 0.3) is 0 Å². The highest BCUT2D eigenvalue weighted by Gasteiger charge is 2.17. The Kier molecular flexibility index (Phi) is 10.5. The molecule has 0 bridgehead atoms. The SMILES string of the molecule is CCCCCCNS(=O)(=O)c1ccc(NC(=O)C(CC)CCCC)cc1. The fourth-order valence-corrected chi connectivity index (χ4v) is 3.85. The van der Waals surface area contributed by atoms with Crippen molar-refractivity contribution in [1.29, 1.82) is 0 Å². The fourth-order valence-electron chi connectivity index (χ4n) is 2.77. The summed E-state index contributed by atoms with van der Waals surface area (Å²) in [5.74, 6) is 0.00810. The lowest BCUT2D eigenvalue weighted by Crippen LogP contribution is -2.25. The molecular weight excluding hydrogens is 348 g/mol. The first-order valence-electron chi connectivity index (χ1n) is 9.85. The second-order valence-corrected chi connectivity index (χ2v) is 8.49. The largest absolute Gasteiger partial charge is 0.326 e. The van der Waals surface area contributed by atoms with Crippen molar-refractivity contribution in [3.05, 3.63) is 24.3 Å². The molecule has 0 radical (unpaired) electrons. The average Bonchev–Trinajstić information content (AvgIpc) is 2.62. The molecule has 0 aliphatic carbocycles. The second-order valence-electron chi connectivity index (χ2n) is 6.72. The molecule has 26 heavy (non-hydrogen) atoms. The molecule has 0 aliphatic rings. The molecule has 0 saturated heterocycles. The third-order valence-electron chi connectivity index (χ3n) is 4.52. The van der Waals surface area contributed by atoms with Crippen molar-refractivity contribution >= 4 is 21.6 Å². The van der Waals surface area contributed by atoms with Crippen LogP contribution in [0.4, 0.5) is 5.69 Å². The number of benzene rings is 1. The van der Waals surface area contributed by atoms with Crippen LogP contribution in [0.5, 0.6) is 0 Å². The summed E-state index contributed by atoms with van der Waals surface area (Å²) in [6.07, 6.45) is 7.91. The first-order chi connectivity index (χ1) is 12.4. The van der Waals surface area contributed by atoms with Crippen LogP contribution in [-0.4, -0.2) is 20.9 Å². The van der Waals surface area contributed by atoms with Crippen LogP contribution in [0, 0.1) is 5.92 Å². The molecule has 0 aromatic heterocycles. The van der Waals surface area contributed by atoms with Crippen molar-refractivity contribution in [2.75, 3.05) is 11.9 Å². The van der Waals surface area contributed by atoms with Gasteiger partial charge in [-0.25, -0.2) is 13.1 Å². The summed E-state index contributed by atoms with van der Waals surface area (Å²) < 4.78 is 27.2. The number of anilines is 1. The van der Waals surface area contributed by atoms with Crippen LogP contribution in [0.1, 0.15) is 72.1 Å². The van der Waals surface area contributed by atoms with Gasteiger partial charge in [-0.3, -0.25) is 4.79 Å². The van der Waals surface area contributed by atoms with E-state index in [1.165, 1.54) is 12.1 Å². The summed E-state index contributed by atoms with van der Waals surface area (Å²) in [6.45, 7) is 6.71. The Labute approximate surface area is 159 Å². The molecule has 0 spiro atoms. The maximum Gasteiger partial charge on any atom is 0.240 e. The van der Waals surface area contributed by atoms with Crippen LogP contribution in [0.3, 0.4) is 0 Å². The molecule has 6 heteroatoms. The molecule has 1 atom stereocenters. The molecule has 0 fully saturated rings. The van der Waals surface area contributed by atoms with Gasteiger partial charge in [0.2, 0.25) is 15.9 Å². The fraction of sp³-hybridized carbons (Fsp3) is 0.650. The summed E-state index contributed by atoms with van der Waals surface area (Å²) in [5, 5.41) is 2.89. The van der Waals surface area contributed by atoms with E-state index in [9.17, 15) is 13.2 Å². The van der Waals surface area contributed by atoms with Crippen molar-refractivity contribution in [2.45, 2.75) is 77.0 Å². The predicted octanol–water partition coefficient (Wildman–Crippen LogP) is 4.70. The molecular formula is C20H34N2O3S. The summed E-state index contributed by atoms with van der Waals surface area (Å²) in [4.78, 5) is 12.5. The van der Waals surface area contributed by atoms with Crippen molar-refractivity contribution in [2.24, 2.45) is 5.92 Å². The monoisotopic (exact) mass is 382 g/mol. The standard InChI is InChI=1S/C20H34N2O3S/c1-4-7-9-10-16-21-26(24,25)19-14-12-18(13-15-19)22-20(23)17(6-3)11-8-5-2/h12-15,17,21H,4-11,16H2,1-3H3,(H,22,23). The Morgan fingerprint density at radius 2 is 1.62 bits per heavy atom. The van der Waals surface area contributed by atoms with E-state index in [1.807, 2.05) is 6.92 Å². The highest BCUT2D eigenvalue weighted by atomic mass is 32.2. The number of carbonyl (C=O) groups excluding carboxylic acids is 1. The number of nitrogens with one attached hydrogen (secondary N) is 2. The van der Waals surface area contributed by atoms with Gasteiger partial charge in [-0.1, -0.05) is 52.9 Å². The van der Waals surface area contributed by atoms with Crippen LogP contribution in [0.2, 0.25) is 0 Å². The molecule has 5 nitrogen and oxygen atoms in total. The lowest BCUT2D eigenvalue weighted by molar-refractivity contribution is -0.120. The first-order valence-corrected chi connectivity index (χ1v) is 11.3. The van der Waals surface area contributed by atoms with E-state index in [2.05, 4.69) is 23.9 Å². The Morgan fingerprint density at radius 3 is 2.19 bits per heavy atom. The second kappa shape index (κ2) is 12.1. The van der Waals surface area contributed by atoms with Gasteiger partial charge < -0.3 is 5.32 Å². The Hall–Kier alpha value is -1.40. The van der Waals surface area contributed by atoms with Crippen LogP contribution >= 0.6 is 0 Å². The number of hydrogen-bond donors (Lipinski definition) is 2. The smallest absolute Gasteiger partial charge is 0.240 e.